The zero-order valence-electron chi connectivity index (χ0n) is 8.81. The maximum absolute atomic E-state index is 5.65. The lowest BCUT2D eigenvalue weighted by Crippen LogP contribution is -1.83. The number of benzene rings is 1. The van der Waals surface area contributed by atoms with E-state index in [1.807, 2.05) is 24.3 Å². The van der Waals surface area contributed by atoms with E-state index in [1.165, 1.54) is 0 Å². The van der Waals surface area contributed by atoms with Gasteiger partial charge in [-0.05, 0) is 24.3 Å². The largest absolute Gasteiger partial charge is 0.497 e. The van der Waals surface area contributed by atoms with Gasteiger partial charge >= 0.3 is 0 Å². The number of aromatic nitrogens is 2. The lowest BCUT2D eigenvalue weighted by atomic mass is 10.2. The third-order valence-corrected chi connectivity index (χ3v) is 3.33. The first-order valence-corrected chi connectivity index (χ1v) is 6.21. The van der Waals surface area contributed by atoms with E-state index in [2.05, 4.69) is 10.2 Å². The van der Waals surface area contributed by atoms with E-state index in [-0.39, 0.29) is 0 Å². The second kappa shape index (κ2) is 5.27. The Balaban J connectivity index is 2.21. The number of nitrogens with zero attached hydrogens (tertiary/aromatic N) is 2. The zero-order chi connectivity index (χ0) is 11.4. The van der Waals surface area contributed by atoms with Crippen molar-refractivity contribution >= 4 is 22.9 Å². The van der Waals surface area contributed by atoms with Crippen LogP contribution in [0.25, 0.3) is 10.6 Å². The molecule has 0 aliphatic rings. The molecule has 2 rings (SSSR count). The highest BCUT2D eigenvalue weighted by molar-refractivity contribution is 7.14. The molecule has 2 aromatic rings. The van der Waals surface area contributed by atoms with E-state index < -0.39 is 0 Å². The highest BCUT2D eigenvalue weighted by Gasteiger charge is 2.06. The normalized spacial score (nSPS) is 10.4. The summed E-state index contributed by atoms with van der Waals surface area (Å²) in [5.74, 6) is 1.42. The molecule has 16 heavy (non-hydrogen) atoms. The molecule has 0 spiro atoms. The molecule has 0 saturated carbocycles. The van der Waals surface area contributed by atoms with Crippen LogP contribution in [0.1, 0.15) is 5.01 Å². The molecule has 0 amide bonds. The van der Waals surface area contributed by atoms with Crippen molar-refractivity contribution in [2.24, 2.45) is 0 Å². The molecule has 3 nitrogen and oxygen atoms in total. The van der Waals surface area contributed by atoms with Crippen molar-refractivity contribution in [3.05, 3.63) is 29.3 Å². The summed E-state index contributed by atoms with van der Waals surface area (Å²) in [4.78, 5) is 0. The maximum Gasteiger partial charge on any atom is 0.147 e. The van der Waals surface area contributed by atoms with Gasteiger partial charge in [0.15, 0.2) is 0 Å². The number of halogens is 1. The van der Waals surface area contributed by atoms with Crippen LogP contribution in [0.3, 0.4) is 0 Å². The van der Waals surface area contributed by atoms with Gasteiger partial charge in [-0.25, -0.2) is 0 Å². The second-order valence-electron chi connectivity index (χ2n) is 3.17. The number of ether oxygens (including phenoxy) is 1. The fourth-order valence-electron chi connectivity index (χ4n) is 1.29. The first-order chi connectivity index (χ1) is 7.83. The van der Waals surface area contributed by atoms with Crippen LogP contribution in [-0.2, 0) is 6.42 Å². The van der Waals surface area contributed by atoms with Crippen molar-refractivity contribution in [1.82, 2.24) is 10.2 Å². The van der Waals surface area contributed by atoms with E-state index in [0.29, 0.717) is 5.88 Å². The number of rotatable bonds is 4. The van der Waals surface area contributed by atoms with Gasteiger partial charge in [-0.15, -0.1) is 21.8 Å². The highest BCUT2D eigenvalue weighted by atomic mass is 35.5. The molecule has 1 aromatic heterocycles. The van der Waals surface area contributed by atoms with Crippen LogP contribution in [0.2, 0.25) is 0 Å². The summed E-state index contributed by atoms with van der Waals surface area (Å²) < 4.78 is 5.10. The molecule has 0 radical (unpaired) electrons. The Morgan fingerprint density at radius 2 is 2.00 bits per heavy atom. The SMILES string of the molecule is COc1ccc(-c2nnc(CCCl)s2)cc1. The summed E-state index contributed by atoms with van der Waals surface area (Å²) in [6, 6.07) is 7.78. The van der Waals surface area contributed by atoms with Gasteiger partial charge in [0.05, 0.1) is 7.11 Å². The summed E-state index contributed by atoms with van der Waals surface area (Å²) >= 11 is 7.23. The van der Waals surface area contributed by atoms with Crippen LogP contribution in [0.5, 0.6) is 5.75 Å². The Hall–Kier alpha value is -1.13. The van der Waals surface area contributed by atoms with E-state index in [9.17, 15) is 0 Å². The Morgan fingerprint density at radius 3 is 2.62 bits per heavy atom. The fraction of sp³-hybridized carbons (Fsp3) is 0.273. The van der Waals surface area contributed by atoms with Crippen molar-refractivity contribution in [3.8, 4) is 16.3 Å². The predicted octanol–water partition coefficient (Wildman–Crippen LogP) is 3.00. The fourth-order valence-corrected chi connectivity index (χ4v) is 2.42. The van der Waals surface area contributed by atoms with E-state index in [1.54, 1.807) is 18.4 Å². The molecular weight excluding hydrogens is 244 g/mol. The first kappa shape index (κ1) is 11.4. The summed E-state index contributed by atoms with van der Waals surface area (Å²) in [6.07, 6.45) is 0.773. The van der Waals surface area contributed by atoms with Crippen molar-refractivity contribution < 1.29 is 4.74 Å². The Morgan fingerprint density at radius 1 is 1.25 bits per heavy atom. The summed E-state index contributed by atoms with van der Waals surface area (Å²) in [7, 11) is 1.65. The third kappa shape index (κ3) is 2.51. The van der Waals surface area contributed by atoms with Gasteiger partial charge in [-0.1, -0.05) is 11.3 Å². The van der Waals surface area contributed by atoms with Crippen LogP contribution in [0.15, 0.2) is 24.3 Å². The van der Waals surface area contributed by atoms with Crippen LogP contribution in [0, 0.1) is 0 Å². The van der Waals surface area contributed by atoms with Gasteiger partial charge in [0.1, 0.15) is 15.8 Å². The summed E-state index contributed by atoms with van der Waals surface area (Å²) in [5, 5.41) is 10.1. The van der Waals surface area contributed by atoms with E-state index in [4.69, 9.17) is 16.3 Å². The minimum Gasteiger partial charge on any atom is -0.497 e. The molecule has 0 N–H and O–H groups in total. The van der Waals surface area contributed by atoms with Crippen molar-refractivity contribution in [1.29, 1.82) is 0 Å². The number of methoxy groups -OCH3 is 1. The van der Waals surface area contributed by atoms with E-state index >= 15 is 0 Å². The lowest BCUT2D eigenvalue weighted by molar-refractivity contribution is 0.415. The minimum atomic E-state index is 0.581. The molecule has 0 bridgehead atoms. The van der Waals surface area contributed by atoms with E-state index in [0.717, 1.165) is 27.7 Å². The van der Waals surface area contributed by atoms with Crippen molar-refractivity contribution in [2.45, 2.75) is 6.42 Å². The molecule has 0 saturated heterocycles. The molecule has 1 aromatic carbocycles. The molecule has 0 aliphatic heterocycles. The van der Waals surface area contributed by atoms with Gasteiger partial charge < -0.3 is 4.74 Å². The number of hydrogen-bond acceptors (Lipinski definition) is 4. The standard InChI is InChI=1S/C11H11ClN2OS/c1-15-9-4-2-8(3-5-9)11-14-13-10(16-11)6-7-12/h2-5H,6-7H2,1H3. The smallest absolute Gasteiger partial charge is 0.147 e. The molecule has 84 valence electrons. The van der Waals surface area contributed by atoms with Gasteiger partial charge in [0.25, 0.3) is 0 Å². The first-order valence-electron chi connectivity index (χ1n) is 4.86. The lowest BCUT2D eigenvalue weighted by Gasteiger charge is -1.99. The molecule has 1 heterocycles. The Bertz CT molecular complexity index is 455. The quantitative estimate of drug-likeness (QED) is 0.787. The van der Waals surface area contributed by atoms with Crippen LogP contribution in [-0.4, -0.2) is 23.2 Å². The zero-order valence-corrected chi connectivity index (χ0v) is 10.4. The second-order valence-corrected chi connectivity index (χ2v) is 4.61. The van der Waals surface area contributed by atoms with Crippen LogP contribution in [0.4, 0.5) is 0 Å². The average Bonchev–Trinajstić information content (AvgIpc) is 2.78. The monoisotopic (exact) mass is 254 g/mol. The van der Waals surface area contributed by atoms with Gasteiger partial charge in [0.2, 0.25) is 0 Å². The molecular formula is C11H11ClN2OS. The highest BCUT2D eigenvalue weighted by Crippen LogP contribution is 2.25. The van der Waals surface area contributed by atoms with Crippen LogP contribution >= 0.6 is 22.9 Å². The minimum absolute atomic E-state index is 0.581. The summed E-state index contributed by atoms with van der Waals surface area (Å²) in [6.45, 7) is 0. The molecule has 0 unspecified atom stereocenters. The van der Waals surface area contributed by atoms with Crippen molar-refractivity contribution in [3.63, 3.8) is 0 Å². The topological polar surface area (TPSA) is 35.0 Å². The molecule has 5 heteroatoms. The number of hydrogen-bond donors (Lipinski definition) is 0. The Kier molecular flexibility index (Phi) is 3.74. The average molecular weight is 255 g/mol. The van der Waals surface area contributed by atoms with Crippen LogP contribution < -0.4 is 4.74 Å². The molecule has 0 aliphatic carbocycles. The Labute approximate surface area is 103 Å². The molecule has 0 fully saturated rings. The third-order valence-electron chi connectivity index (χ3n) is 2.11. The van der Waals surface area contributed by atoms with Crippen molar-refractivity contribution in [2.75, 3.05) is 13.0 Å². The molecule has 0 atom stereocenters. The summed E-state index contributed by atoms with van der Waals surface area (Å²) in [5.41, 5.74) is 1.05. The maximum atomic E-state index is 5.65. The number of alkyl halides is 1. The number of aryl methyl sites for hydroxylation is 1. The van der Waals surface area contributed by atoms with Gasteiger partial charge in [-0.3, -0.25) is 0 Å². The van der Waals surface area contributed by atoms with Gasteiger partial charge in [0, 0.05) is 17.9 Å². The predicted molar refractivity (Wildman–Crippen MR) is 66.3 cm³/mol. The van der Waals surface area contributed by atoms with Gasteiger partial charge in [-0.2, -0.15) is 0 Å².